The summed E-state index contributed by atoms with van der Waals surface area (Å²) in [5.41, 5.74) is 0.545. The van der Waals surface area contributed by atoms with E-state index in [2.05, 4.69) is 33.6 Å². The van der Waals surface area contributed by atoms with Gasteiger partial charge in [-0.25, -0.2) is 9.78 Å². The largest absolute Gasteiger partial charge is 0.456 e. The van der Waals surface area contributed by atoms with Crippen LogP contribution in [0.4, 0.5) is 0 Å². The molecule has 0 saturated carbocycles. The number of aromatic nitrogens is 1. The Morgan fingerprint density at radius 2 is 2.00 bits per heavy atom. The Morgan fingerprint density at radius 3 is 2.69 bits per heavy atom. The van der Waals surface area contributed by atoms with Crippen molar-refractivity contribution in [3.8, 4) is 0 Å². The number of ether oxygens (including phenoxy) is 1. The smallest absolute Gasteiger partial charge is 0.329 e. The van der Waals surface area contributed by atoms with Gasteiger partial charge in [0.05, 0.1) is 18.7 Å². The van der Waals surface area contributed by atoms with E-state index in [0.29, 0.717) is 17.9 Å². The molecule has 0 spiro atoms. The van der Waals surface area contributed by atoms with Gasteiger partial charge < -0.3 is 20.7 Å². The van der Waals surface area contributed by atoms with Crippen LogP contribution in [0, 0.1) is 0 Å². The number of esters is 1. The molecule has 0 fully saturated rings. The third-order valence-electron chi connectivity index (χ3n) is 4.59. The molecule has 2 bridgehead atoms. The number of fused-ring (bicyclic) bond motifs is 2. The maximum Gasteiger partial charge on any atom is 0.329 e. The zero-order valence-corrected chi connectivity index (χ0v) is 19.0. The fourth-order valence-corrected chi connectivity index (χ4v) is 3.01. The molecule has 1 aliphatic rings. The van der Waals surface area contributed by atoms with Gasteiger partial charge in [0.2, 0.25) is 5.91 Å². The summed E-state index contributed by atoms with van der Waals surface area (Å²) in [5, 5.41) is 7.80. The van der Waals surface area contributed by atoms with Crippen LogP contribution in [0.3, 0.4) is 0 Å². The van der Waals surface area contributed by atoms with Crippen molar-refractivity contribution in [1.82, 2.24) is 20.9 Å². The molecule has 3 N–H and O–H groups in total. The Balaban J connectivity index is 2.35. The van der Waals surface area contributed by atoms with E-state index in [1.807, 2.05) is 0 Å². The highest BCUT2D eigenvalue weighted by atomic mass is 32.1. The first kappa shape index (κ1) is 25.1. The van der Waals surface area contributed by atoms with E-state index in [9.17, 15) is 19.2 Å². The third kappa shape index (κ3) is 7.52. The molecule has 1 aromatic heterocycles. The fourth-order valence-electron chi connectivity index (χ4n) is 2.86. The van der Waals surface area contributed by atoms with Crippen LogP contribution < -0.4 is 16.0 Å². The number of nitrogens with one attached hydrogen (secondary N) is 3. The first-order chi connectivity index (χ1) is 15.4. The molecule has 2 atom stereocenters. The zero-order chi connectivity index (χ0) is 23.5. The van der Waals surface area contributed by atoms with Crippen LogP contribution in [0.2, 0.25) is 0 Å². The lowest BCUT2D eigenvalue weighted by molar-refractivity contribution is -0.151. The minimum atomic E-state index is -0.951. The van der Waals surface area contributed by atoms with Gasteiger partial charge in [-0.05, 0) is 43.7 Å². The maximum absolute atomic E-state index is 12.7. The molecule has 172 valence electrons. The van der Waals surface area contributed by atoms with Crippen molar-refractivity contribution >= 4 is 36.3 Å². The zero-order valence-electron chi connectivity index (χ0n) is 18.1. The quantitative estimate of drug-likeness (QED) is 0.233. The highest BCUT2D eigenvalue weighted by molar-refractivity contribution is 7.80. The van der Waals surface area contributed by atoms with Gasteiger partial charge in [0.1, 0.15) is 23.5 Å². The minimum Gasteiger partial charge on any atom is -0.456 e. The van der Waals surface area contributed by atoms with Crippen molar-refractivity contribution in [2.45, 2.75) is 51.8 Å². The summed E-state index contributed by atoms with van der Waals surface area (Å²) in [4.78, 5) is 54.6. The van der Waals surface area contributed by atoms with Crippen LogP contribution in [0.5, 0.6) is 0 Å². The van der Waals surface area contributed by atoms with E-state index < -0.39 is 29.9 Å². The summed E-state index contributed by atoms with van der Waals surface area (Å²) in [5.74, 6) is -1.63. The molecule has 2 heterocycles. The Hall–Kier alpha value is -3.14. The molecule has 0 saturated heterocycles. The number of thiol groups is 1. The van der Waals surface area contributed by atoms with Crippen LogP contribution in [0.1, 0.15) is 49.3 Å². The van der Waals surface area contributed by atoms with Crippen molar-refractivity contribution in [2.75, 3.05) is 5.75 Å². The number of nitrogens with zero attached hydrogens (tertiary/aromatic N) is 1. The fraction of sp³-hybridized carbons (Fsp3) is 0.409. The van der Waals surface area contributed by atoms with E-state index in [-0.39, 0.29) is 36.7 Å². The molecule has 2 rings (SSSR count). The minimum absolute atomic E-state index is 0.0147. The highest BCUT2D eigenvalue weighted by Gasteiger charge is 2.26. The first-order valence-electron chi connectivity index (χ1n) is 10.4. The second-order valence-corrected chi connectivity index (χ2v) is 7.45. The number of cyclic esters (lactones) is 1. The molecule has 3 amide bonds. The molecule has 0 aromatic carbocycles. The Labute approximate surface area is 192 Å². The summed E-state index contributed by atoms with van der Waals surface area (Å²) in [7, 11) is 0. The van der Waals surface area contributed by atoms with Gasteiger partial charge in [-0.1, -0.05) is 25.1 Å². The second kappa shape index (κ2) is 12.7. The lowest BCUT2D eigenvalue weighted by atomic mass is 10.1. The Morgan fingerprint density at radius 1 is 1.22 bits per heavy atom. The van der Waals surface area contributed by atoms with E-state index in [1.165, 1.54) is 12.1 Å². The summed E-state index contributed by atoms with van der Waals surface area (Å²) in [6.45, 7) is 3.40. The Kier molecular flexibility index (Phi) is 9.93. The molecular weight excluding hydrogens is 432 g/mol. The molecule has 10 heteroatoms. The van der Waals surface area contributed by atoms with Crippen LogP contribution in [0.25, 0.3) is 0 Å². The van der Waals surface area contributed by atoms with Crippen molar-refractivity contribution in [1.29, 1.82) is 0 Å². The number of amides is 3. The number of hydrogen-bond acceptors (Lipinski definition) is 7. The molecular formula is C22H28N4O5S. The molecule has 1 aromatic rings. The second-order valence-electron chi connectivity index (χ2n) is 7.00. The van der Waals surface area contributed by atoms with Crippen molar-refractivity contribution in [3.63, 3.8) is 0 Å². The van der Waals surface area contributed by atoms with Crippen LogP contribution in [-0.2, 0) is 25.7 Å². The molecule has 0 unspecified atom stereocenters. The van der Waals surface area contributed by atoms with Crippen LogP contribution in [-0.4, -0.2) is 46.6 Å². The standard InChI is InChI=1S/C22H28N4O5S/c1-3-16-20(28)26-17(4-2)22(30)31-15(9-5-6-11-32)12-19(27)23-13-14-8-7-10-18(24-14)21(29)25-16/h3,5,7-10,15,17,32H,4,6,11-13H2,1-2H3,(H,23,27)(H,25,29)(H,26,28)/b9-5+,16-3-/t15-,17+/m1/s1. The lowest BCUT2D eigenvalue weighted by Crippen LogP contribution is -2.46. The van der Waals surface area contributed by atoms with Crippen molar-refractivity contribution in [3.05, 3.63) is 53.5 Å². The molecule has 0 radical (unpaired) electrons. The summed E-state index contributed by atoms with van der Waals surface area (Å²) < 4.78 is 5.51. The summed E-state index contributed by atoms with van der Waals surface area (Å²) >= 11 is 4.14. The summed E-state index contributed by atoms with van der Waals surface area (Å²) in [6.07, 6.45) is 4.87. The molecule has 0 aliphatic carbocycles. The third-order valence-corrected chi connectivity index (χ3v) is 4.84. The predicted octanol–water partition coefficient (Wildman–Crippen LogP) is 1.42. The average molecular weight is 461 g/mol. The first-order valence-corrected chi connectivity index (χ1v) is 11.0. The van der Waals surface area contributed by atoms with E-state index in [0.717, 1.165) is 0 Å². The van der Waals surface area contributed by atoms with Gasteiger partial charge in [-0.2, -0.15) is 12.6 Å². The number of allylic oxidation sites excluding steroid dienone is 2. The van der Waals surface area contributed by atoms with E-state index >= 15 is 0 Å². The Bertz CT molecular complexity index is 915. The normalized spacial score (nSPS) is 22.3. The highest BCUT2D eigenvalue weighted by Crippen LogP contribution is 2.09. The van der Waals surface area contributed by atoms with Crippen molar-refractivity contribution < 1.29 is 23.9 Å². The van der Waals surface area contributed by atoms with Gasteiger partial charge in [0.15, 0.2) is 0 Å². The van der Waals surface area contributed by atoms with Gasteiger partial charge >= 0.3 is 5.97 Å². The van der Waals surface area contributed by atoms with Crippen LogP contribution >= 0.6 is 12.6 Å². The maximum atomic E-state index is 12.7. The molecule has 9 nitrogen and oxygen atoms in total. The molecule has 1 aliphatic heterocycles. The molecule has 32 heavy (non-hydrogen) atoms. The van der Waals surface area contributed by atoms with Gasteiger partial charge in [-0.3, -0.25) is 14.4 Å². The summed E-state index contributed by atoms with van der Waals surface area (Å²) in [6, 6.07) is 3.86. The number of pyridine rings is 1. The topological polar surface area (TPSA) is 126 Å². The predicted molar refractivity (Wildman–Crippen MR) is 122 cm³/mol. The number of hydrogen-bond donors (Lipinski definition) is 4. The van der Waals surface area contributed by atoms with E-state index in [4.69, 9.17) is 4.74 Å². The van der Waals surface area contributed by atoms with Gasteiger partial charge in [-0.15, -0.1) is 0 Å². The lowest BCUT2D eigenvalue weighted by Gasteiger charge is -2.21. The number of carbonyl (C=O) groups excluding carboxylic acids is 4. The monoisotopic (exact) mass is 460 g/mol. The average Bonchev–Trinajstić information content (AvgIpc) is 2.78. The SMILES string of the molecule is C/C=C1\NC(=O)c2cccc(n2)CNC(=O)C[C@@H](/C=C/CCS)OC(=O)[C@H](CC)NC1=O. The van der Waals surface area contributed by atoms with E-state index in [1.54, 1.807) is 38.1 Å². The van der Waals surface area contributed by atoms with Gasteiger partial charge in [0.25, 0.3) is 11.8 Å². The van der Waals surface area contributed by atoms with Crippen LogP contribution in [0.15, 0.2) is 42.1 Å². The number of rotatable bonds is 4. The number of carbonyl (C=O) groups is 4. The van der Waals surface area contributed by atoms with Gasteiger partial charge in [0, 0.05) is 0 Å². The van der Waals surface area contributed by atoms with Crippen molar-refractivity contribution in [2.24, 2.45) is 0 Å².